The molecule has 0 aliphatic carbocycles. The Bertz CT molecular complexity index is 915. The van der Waals surface area contributed by atoms with E-state index in [0.29, 0.717) is 13.1 Å². The molecule has 0 atom stereocenters. The predicted octanol–water partition coefficient (Wildman–Crippen LogP) is 3.18. The Hall–Kier alpha value is -2.64. The average molecular weight is 397 g/mol. The van der Waals surface area contributed by atoms with E-state index in [4.69, 9.17) is 0 Å². The van der Waals surface area contributed by atoms with Crippen LogP contribution in [-0.2, 0) is 4.79 Å². The van der Waals surface area contributed by atoms with Gasteiger partial charge in [0.1, 0.15) is 5.75 Å². The molecule has 1 N–H and O–H groups in total. The number of piperazine rings is 1. The minimum absolute atomic E-state index is 0.0969. The minimum Gasteiger partial charge on any atom is -0.508 e. The van der Waals surface area contributed by atoms with Crippen molar-refractivity contribution in [1.29, 1.82) is 0 Å². The molecule has 1 aliphatic rings. The first-order valence-corrected chi connectivity index (χ1v) is 10.4. The average Bonchev–Trinajstić information content (AvgIpc) is 3.13. The Morgan fingerprint density at radius 1 is 1.11 bits per heavy atom. The molecule has 146 valence electrons. The minimum atomic E-state index is 0.0969. The van der Waals surface area contributed by atoms with Gasteiger partial charge in [0.25, 0.3) is 0 Å². The third kappa shape index (κ3) is 3.95. The highest BCUT2D eigenvalue weighted by Gasteiger charge is 2.23. The van der Waals surface area contributed by atoms with Crippen LogP contribution in [0.4, 0.5) is 10.8 Å². The monoisotopic (exact) mass is 396 g/mol. The van der Waals surface area contributed by atoms with Crippen LogP contribution < -0.4 is 9.80 Å². The third-order valence-electron chi connectivity index (χ3n) is 5.08. The largest absolute Gasteiger partial charge is 0.508 e. The van der Waals surface area contributed by atoms with Crippen molar-refractivity contribution in [3.8, 4) is 5.75 Å². The fraction of sp³-hybridized carbons (Fsp3) is 0.333. The van der Waals surface area contributed by atoms with E-state index in [9.17, 15) is 9.90 Å². The molecule has 2 aromatic carbocycles. The number of anilines is 2. The Kier molecular flexibility index (Phi) is 5.45. The van der Waals surface area contributed by atoms with Crippen molar-refractivity contribution in [3.05, 3.63) is 48.5 Å². The first kappa shape index (κ1) is 18.7. The Morgan fingerprint density at radius 2 is 1.82 bits per heavy atom. The molecule has 7 heteroatoms. The number of hydrogen-bond acceptors (Lipinski definition) is 6. The van der Waals surface area contributed by atoms with Gasteiger partial charge >= 0.3 is 0 Å². The molecule has 0 unspecified atom stereocenters. The number of nitrogens with zero attached hydrogens (tertiary/aromatic N) is 4. The highest BCUT2D eigenvalue weighted by molar-refractivity contribution is 7.22. The lowest BCUT2D eigenvalue weighted by atomic mass is 10.2. The van der Waals surface area contributed by atoms with Gasteiger partial charge in [-0.1, -0.05) is 23.5 Å². The van der Waals surface area contributed by atoms with Crippen LogP contribution in [-0.4, -0.2) is 60.2 Å². The lowest BCUT2D eigenvalue weighted by Crippen LogP contribution is -2.50. The van der Waals surface area contributed by atoms with Crippen LogP contribution in [0.25, 0.3) is 10.2 Å². The number of phenolic OH excluding ortho intramolecular Hbond substituents is 1. The summed E-state index contributed by atoms with van der Waals surface area (Å²) < 4.78 is 1.10. The van der Waals surface area contributed by atoms with Crippen LogP contribution in [0.15, 0.2) is 48.5 Å². The number of amides is 1. The van der Waals surface area contributed by atoms with Crippen molar-refractivity contribution >= 4 is 38.3 Å². The molecular weight excluding hydrogens is 372 g/mol. The van der Waals surface area contributed by atoms with Gasteiger partial charge in [0.05, 0.1) is 16.8 Å². The number of para-hydroxylation sites is 1. The number of thiazole rings is 1. The highest BCUT2D eigenvalue weighted by Crippen LogP contribution is 2.28. The summed E-state index contributed by atoms with van der Waals surface area (Å²) in [6.45, 7) is 6.43. The van der Waals surface area contributed by atoms with Gasteiger partial charge in [0.15, 0.2) is 5.13 Å². The van der Waals surface area contributed by atoms with E-state index < -0.39 is 0 Å². The van der Waals surface area contributed by atoms with E-state index in [1.54, 1.807) is 28.4 Å². The van der Waals surface area contributed by atoms with E-state index in [0.717, 1.165) is 47.2 Å². The van der Waals surface area contributed by atoms with Crippen LogP contribution in [0.3, 0.4) is 0 Å². The van der Waals surface area contributed by atoms with Crippen molar-refractivity contribution in [2.75, 3.05) is 49.1 Å². The number of rotatable bonds is 5. The summed E-state index contributed by atoms with van der Waals surface area (Å²) in [4.78, 5) is 23.8. The summed E-state index contributed by atoms with van der Waals surface area (Å²) in [5.41, 5.74) is 2.05. The van der Waals surface area contributed by atoms with Gasteiger partial charge in [-0.15, -0.1) is 0 Å². The van der Waals surface area contributed by atoms with E-state index in [2.05, 4.69) is 14.8 Å². The number of likely N-dealkylation sites (N-methyl/N-ethyl adjacent to an activating group) is 1. The molecule has 6 nitrogen and oxygen atoms in total. The van der Waals surface area contributed by atoms with Crippen molar-refractivity contribution in [1.82, 2.24) is 9.88 Å². The molecule has 1 aromatic heterocycles. The number of benzene rings is 2. The molecule has 28 heavy (non-hydrogen) atoms. The Balaban J connectivity index is 1.37. The fourth-order valence-electron chi connectivity index (χ4n) is 3.50. The number of carbonyl (C=O) groups excluding carboxylic acids is 1. The molecule has 1 aliphatic heterocycles. The van der Waals surface area contributed by atoms with Crippen LogP contribution in [0, 0.1) is 0 Å². The number of aromatic hydroxyl groups is 1. The quantitative estimate of drug-likeness (QED) is 0.718. The first-order chi connectivity index (χ1) is 13.6. The maximum absolute atomic E-state index is 12.9. The number of carbonyl (C=O) groups is 1. The van der Waals surface area contributed by atoms with Gasteiger partial charge in [-0.3, -0.25) is 14.6 Å². The second-order valence-electron chi connectivity index (χ2n) is 6.88. The van der Waals surface area contributed by atoms with Crippen LogP contribution in [0.5, 0.6) is 5.75 Å². The van der Waals surface area contributed by atoms with E-state index in [1.165, 1.54) is 0 Å². The fourth-order valence-corrected chi connectivity index (χ4v) is 4.54. The smallest absolute Gasteiger partial charge is 0.242 e. The zero-order valence-electron chi connectivity index (χ0n) is 15.9. The first-order valence-electron chi connectivity index (χ1n) is 9.56. The molecule has 3 aromatic rings. The molecule has 0 radical (unpaired) electrons. The zero-order valence-corrected chi connectivity index (χ0v) is 16.7. The van der Waals surface area contributed by atoms with Crippen LogP contribution in [0.1, 0.15) is 6.92 Å². The molecule has 2 heterocycles. The van der Waals surface area contributed by atoms with Gasteiger partial charge in [-0.25, -0.2) is 4.98 Å². The molecule has 1 saturated heterocycles. The van der Waals surface area contributed by atoms with E-state index in [1.807, 2.05) is 43.3 Å². The molecular formula is C21H24N4O2S. The summed E-state index contributed by atoms with van der Waals surface area (Å²) in [6, 6.07) is 15.3. The van der Waals surface area contributed by atoms with Gasteiger partial charge in [-0.05, 0) is 43.3 Å². The summed E-state index contributed by atoms with van der Waals surface area (Å²) in [5.74, 6) is 0.377. The lowest BCUT2D eigenvalue weighted by molar-refractivity contribution is -0.119. The Morgan fingerprint density at radius 3 is 2.50 bits per heavy atom. The van der Waals surface area contributed by atoms with E-state index in [-0.39, 0.29) is 11.7 Å². The molecule has 0 spiro atoms. The summed E-state index contributed by atoms with van der Waals surface area (Å²) in [5, 5.41) is 10.2. The SMILES string of the molecule is CCN(C(=O)CN1CCN(c2ccc(O)cc2)CC1)c1nc2ccccc2s1. The van der Waals surface area contributed by atoms with Crippen molar-refractivity contribution in [2.24, 2.45) is 0 Å². The van der Waals surface area contributed by atoms with Crippen molar-refractivity contribution in [3.63, 3.8) is 0 Å². The van der Waals surface area contributed by atoms with Gasteiger partial charge in [0, 0.05) is 38.4 Å². The maximum Gasteiger partial charge on any atom is 0.242 e. The standard InChI is InChI=1S/C21H24N4O2S/c1-2-25(21-22-18-5-3-4-6-19(18)28-21)20(27)15-23-11-13-24(14-12-23)16-7-9-17(26)10-8-16/h3-10,26H,2,11-15H2,1H3. The predicted molar refractivity (Wildman–Crippen MR) is 114 cm³/mol. The van der Waals surface area contributed by atoms with E-state index >= 15 is 0 Å². The molecule has 0 bridgehead atoms. The maximum atomic E-state index is 12.9. The summed E-state index contributed by atoms with van der Waals surface area (Å²) in [7, 11) is 0. The zero-order chi connectivity index (χ0) is 19.5. The number of fused-ring (bicyclic) bond motifs is 1. The van der Waals surface area contributed by atoms with Crippen molar-refractivity contribution < 1.29 is 9.90 Å². The highest BCUT2D eigenvalue weighted by atomic mass is 32.1. The van der Waals surface area contributed by atoms with Crippen LogP contribution >= 0.6 is 11.3 Å². The number of aromatic nitrogens is 1. The number of phenols is 1. The summed E-state index contributed by atoms with van der Waals surface area (Å²) in [6.07, 6.45) is 0. The van der Waals surface area contributed by atoms with Crippen molar-refractivity contribution in [2.45, 2.75) is 6.92 Å². The molecule has 1 fully saturated rings. The van der Waals surface area contributed by atoms with Gasteiger partial charge in [0.2, 0.25) is 5.91 Å². The number of hydrogen-bond donors (Lipinski definition) is 1. The topological polar surface area (TPSA) is 59.9 Å². The third-order valence-corrected chi connectivity index (χ3v) is 6.14. The lowest BCUT2D eigenvalue weighted by Gasteiger charge is -2.36. The normalized spacial score (nSPS) is 15.1. The summed E-state index contributed by atoms with van der Waals surface area (Å²) >= 11 is 1.57. The molecule has 1 amide bonds. The second-order valence-corrected chi connectivity index (χ2v) is 7.89. The molecule has 0 saturated carbocycles. The van der Waals surface area contributed by atoms with Gasteiger partial charge in [-0.2, -0.15) is 0 Å². The van der Waals surface area contributed by atoms with Crippen LogP contribution in [0.2, 0.25) is 0 Å². The second kappa shape index (κ2) is 8.16. The Labute approximate surface area is 168 Å². The van der Waals surface area contributed by atoms with Gasteiger partial charge < -0.3 is 10.0 Å². The molecule has 4 rings (SSSR count).